The molecule has 3 heteroatoms. The van der Waals surface area contributed by atoms with Crippen LogP contribution in [0.3, 0.4) is 0 Å². The molecule has 0 aliphatic carbocycles. The topological polar surface area (TPSA) is 32.7 Å². The molecule has 0 aromatic heterocycles. The minimum absolute atomic E-state index is 0.111. The van der Waals surface area contributed by atoms with E-state index in [2.05, 4.69) is 23.1 Å². The van der Waals surface area contributed by atoms with Gasteiger partial charge in [-0.25, -0.2) is 0 Å². The Bertz CT molecular complexity index is 610. The number of methoxy groups -OCH3 is 1. The first-order valence-electron chi connectivity index (χ1n) is 6.86. The third-order valence-electron chi connectivity index (χ3n) is 3.83. The Hall–Kier alpha value is -1.84. The Kier molecular flexibility index (Phi) is 3.72. The van der Waals surface area contributed by atoms with E-state index in [0.717, 1.165) is 30.9 Å². The van der Waals surface area contributed by atoms with Crippen LogP contribution in [0.4, 0.5) is 0 Å². The van der Waals surface area contributed by atoms with Gasteiger partial charge in [0.1, 0.15) is 5.75 Å². The van der Waals surface area contributed by atoms with Crippen molar-refractivity contribution in [3.63, 3.8) is 0 Å². The van der Waals surface area contributed by atoms with Crippen LogP contribution >= 0.6 is 0 Å². The summed E-state index contributed by atoms with van der Waals surface area (Å²) in [5.41, 5.74) is 4.89. The fraction of sp³-hybridized carbons (Fsp3) is 0.294. The summed E-state index contributed by atoms with van der Waals surface area (Å²) < 4.78 is 5.41. The van der Waals surface area contributed by atoms with E-state index in [-0.39, 0.29) is 6.61 Å². The molecule has 0 radical (unpaired) electrons. The molecule has 0 spiro atoms. The van der Waals surface area contributed by atoms with Gasteiger partial charge in [-0.15, -0.1) is 0 Å². The van der Waals surface area contributed by atoms with Gasteiger partial charge in [0.25, 0.3) is 0 Å². The van der Waals surface area contributed by atoms with Crippen LogP contribution in [0, 0.1) is 0 Å². The van der Waals surface area contributed by atoms with Gasteiger partial charge in [0.15, 0.2) is 0 Å². The highest BCUT2D eigenvalue weighted by atomic mass is 16.5. The maximum absolute atomic E-state index is 9.21. The lowest BCUT2D eigenvalue weighted by molar-refractivity contribution is 0.269. The number of rotatable bonds is 4. The Balaban J connectivity index is 1.75. The van der Waals surface area contributed by atoms with E-state index in [1.807, 2.05) is 24.3 Å². The van der Waals surface area contributed by atoms with E-state index in [4.69, 9.17) is 4.74 Å². The SMILES string of the molecule is COc1ccccc1CN1Cc2ccc(CO)cc2C1. The lowest BCUT2D eigenvalue weighted by Gasteiger charge is -2.16. The smallest absolute Gasteiger partial charge is 0.123 e. The maximum Gasteiger partial charge on any atom is 0.123 e. The molecule has 1 aliphatic rings. The molecule has 0 bridgehead atoms. The van der Waals surface area contributed by atoms with Crippen LogP contribution in [-0.2, 0) is 26.2 Å². The number of nitrogens with zero attached hydrogens (tertiary/aromatic N) is 1. The van der Waals surface area contributed by atoms with Crippen molar-refractivity contribution >= 4 is 0 Å². The van der Waals surface area contributed by atoms with Gasteiger partial charge >= 0.3 is 0 Å². The Morgan fingerprint density at radius 2 is 1.90 bits per heavy atom. The normalized spacial score (nSPS) is 14.3. The number of fused-ring (bicyclic) bond motifs is 1. The molecule has 3 nitrogen and oxygen atoms in total. The zero-order chi connectivity index (χ0) is 13.9. The Morgan fingerprint density at radius 1 is 1.10 bits per heavy atom. The maximum atomic E-state index is 9.21. The number of ether oxygens (including phenoxy) is 1. The highest BCUT2D eigenvalue weighted by Crippen LogP contribution is 2.27. The largest absolute Gasteiger partial charge is 0.496 e. The molecule has 1 aliphatic heterocycles. The van der Waals surface area contributed by atoms with Crippen LogP contribution in [0.1, 0.15) is 22.3 Å². The molecule has 2 aromatic carbocycles. The number of aliphatic hydroxyl groups excluding tert-OH is 1. The monoisotopic (exact) mass is 269 g/mol. The third kappa shape index (κ3) is 2.55. The number of para-hydroxylation sites is 1. The van der Waals surface area contributed by atoms with Gasteiger partial charge in [0.2, 0.25) is 0 Å². The van der Waals surface area contributed by atoms with E-state index in [1.165, 1.54) is 16.7 Å². The molecule has 0 saturated carbocycles. The molecule has 0 fully saturated rings. The molecule has 1 heterocycles. The van der Waals surface area contributed by atoms with Gasteiger partial charge in [0.05, 0.1) is 13.7 Å². The van der Waals surface area contributed by atoms with E-state index in [9.17, 15) is 5.11 Å². The van der Waals surface area contributed by atoms with E-state index in [0.29, 0.717) is 0 Å². The molecule has 104 valence electrons. The van der Waals surface area contributed by atoms with E-state index < -0.39 is 0 Å². The van der Waals surface area contributed by atoms with Gasteiger partial charge in [-0.3, -0.25) is 4.90 Å². The lowest BCUT2D eigenvalue weighted by atomic mass is 10.1. The van der Waals surface area contributed by atoms with Crippen LogP contribution in [0.15, 0.2) is 42.5 Å². The Labute approximate surface area is 119 Å². The van der Waals surface area contributed by atoms with Crippen molar-refractivity contribution in [3.05, 3.63) is 64.7 Å². The zero-order valence-corrected chi connectivity index (χ0v) is 11.7. The molecule has 0 amide bonds. The van der Waals surface area contributed by atoms with Crippen molar-refractivity contribution in [1.82, 2.24) is 4.90 Å². The standard InChI is InChI=1S/C17H19NO2/c1-20-17-5-3-2-4-15(17)10-18-9-14-7-6-13(12-19)8-16(14)11-18/h2-8,19H,9-12H2,1H3. The number of benzene rings is 2. The van der Waals surface area contributed by atoms with Crippen molar-refractivity contribution in [2.24, 2.45) is 0 Å². The second kappa shape index (κ2) is 5.65. The average molecular weight is 269 g/mol. The predicted octanol–water partition coefficient (Wildman–Crippen LogP) is 2.70. The van der Waals surface area contributed by atoms with Gasteiger partial charge in [-0.05, 0) is 22.8 Å². The first kappa shape index (κ1) is 13.2. The predicted molar refractivity (Wildman–Crippen MR) is 78.3 cm³/mol. The highest BCUT2D eigenvalue weighted by molar-refractivity contribution is 5.36. The van der Waals surface area contributed by atoms with Gasteiger partial charge < -0.3 is 9.84 Å². The first-order chi connectivity index (χ1) is 9.80. The third-order valence-corrected chi connectivity index (χ3v) is 3.83. The van der Waals surface area contributed by atoms with Crippen molar-refractivity contribution in [2.75, 3.05) is 7.11 Å². The van der Waals surface area contributed by atoms with Crippen LogP contribution < -0.4 is 4.74 Å². The molecule has 20 heavy (non-hydrogen) atoms. The first-order valence-corrected chi connectivity index (χ1v) is 6.86. The minimum Gasteiger partial charge on any atom is -0.496 e. The molecule has 1 N–H and O–H groups in total. The zero-order valence-electron chi connectivity index (χ0n) is 11.7. The van der Waals surface area contributed by atoms with Gasteiger partial charge in [-0.1, -0.05) is 36.4 Å². The second-order valence-electron chi connectivity index (χ2n) is 5.22. The summed E-state index contributed by atoms with van der Waals surface area (Å²) >= 11 is 0. The van der Waals surface area contributed by atoms with Crippen molar-refractivity contribution < 1.29 is 9.84 Å². The van der Waals surface area contributed by atoms with Gasteiger partial charge in [-0.2, -0.15) is 0 Å². The lowest BCUT2D eigenvalue weighted by Crippen LogP contribution is -2.16. The summed E-state index contributed by atoms with van der Waals surface area (Å²) in [6.07, 6.45) is 0. The molecular weight excluding hydrogens is 250 g/mol. The van der Waals surface area contributed by atoms with Crippen LogP contribution in [0.5, 0.6) is 5.75 Å². The van der Waals surface area contributed by atoms with E-state index in [1.54, 1.807) is 7.11 Å². The molecular formula is C17H19NO2. The average Bonchev–Trinajstić information content (AvgIpc) is 2.89. The van der Waals surface area contributed by atoms with Crippen molar-refractivity contribution in [2.45, 2.75) is 26.2 Å². The highest BCUT2D eigenvalue weighted by Gasteiger charge is 2.20. The summed E-state index contributed by atoms with van der Waals surface area (Å²) in [4.78, 5) is 2.39. The second-order valence-corrected chi connectivity index (χ2v) is 5.22. The Morgan fingerprint density at radius 3 is 2.70 bits per heavy atom. The van der Waals surface area contributed by atoms with Gasteiger partial charge in [0, 0.05) is 25.2 Å². The van der Waals surface area contributed by atoms with Crippen LogP contribution in [0.2, 0.25) is 0 Å². The number of hydrogen-bond donors (Lipinski definition) is 1. The number of hydrogen-bond acceptors (Lipinski definition) is 3. The quantitative estimate of drug-likeness (QED) is 0.926. The molecule has 0 saturated heterocycles. The summed E-state index contributed by atoms with van der Waals surface area (Å²) in [7, 11) is 1.71. The summed E-state index contributed by atoms with van der Waals surface area (Å²) in [5, 5.41) is 9.21. The molecule has 2 aromatic rings. The number of aliphatic hydroxyl groups is 1. The summed E-state index contributed by atoms with van der Waals surface area (Å²) in [6, 6.07) is 14.4. The van der Waals surface area contributed by atoms with E-state index >= 15 is 0 Å². The summed E-state index contributed by atoms with van der Waals surface area (Å²) in [5.74, 6) is 0.944. The minimum atomic E-state index is 0.111. The van der Waals surface area contributed by atoms with Crippen LogP contribution in [-0.4, -0.2) is 17.1 Å². The van der Waals surface area contributed by atoms with Crippen molar-refractivity contribution in [1.29, 1.82) is 0 Å². The summed E-state index contributed by atoms with van der Waals surface area (Å²) in [6.45, 7) is 2.88. The molecule has 0 atom stereocenters. The fourth-order valence-electron chi connectivity index (χ4n) is 2.80. The fourth-order valence-corrected chi connectivity index (χ4v) is 2.80. The van der Waals surface area contributed by atoms with Crippen molar-refractivity contribution in [3.8, 4) is 5.75 Å². The molecule has 0 unspecified atom stereocenters. The van der Waals surface area contributed by atoms with Crippen LogP contribution in [0.25, 0.3) is 0 Å². The molecule has 3 rings (SSSR count).